The molecule has 2 heterocycles. The van der Waals surface area contributed by atoms with Gasteiger partial charge in [0.25, 0.3) is 11.2 Å². The zero-order chi connectivity index (χ0) is 22.0. The fourth-order valence-electron chi connectivity index (χ4n) is 2.72. The summed E-state index contributed by atoms with van der Waals surface area (Å²) >= 11 is 6.22. The van der Waals surface area contributed by atoms with Crippen LogP contribution in [-0.4, -0.2) is 25.8 Å². The van der Waals surface area contributed by atoms with E-state index in [1.165, 1.54) is 24.4 Å². The summed E-state index contributed by atoms with van der Waals surface area (Å²) in [5, 5.41) is 15.2. The van der Waals surface area contributed by atoms with Crippen molar-refractivity contribution >= 4 is 34.4 Å². The Hall–Kier alpha value is -4.31. The minimum atomic E-state index is -0.671. The van der Waals surface area contributed by atoms with Gasteiger partial charge in [-0.3, -0.25) is 14.9 Å². The third-order valence-electron chi connectivity index (χ3n) is 4.21. The number of H-pyrrole nitrogens is 1. The molecule has 0 saturated carbocycles. The van der Waals surface area contributed by atoms with Crippen LogP contribution in [0.25, 0.3) is 10.9 Å². The molecule has 154 valence electrons. The van der Waals surface area contributed by atoms with Gasteiger partial charge in [0.1, 0.15) is 11.9 Å². The van der Waals surface area contributed by atoms with E-state index in [4.69, 9.17) is 16.3 Å². The summed E-state index contributed by atoms with van der Waals surface area (Å²) in [7, 11) is 0. The molecule has 0 aliphatic heterocycles. The van der Waals surface area contributed by atoms with Crippen LogP contribution in [0.4, 0.5) is 5.69 Å². The second-order valence-corrected chi connectivity index (χ2v) is 6.65. The Balaban J connectivity index is 1.58. The molecule has 2 aromatic carbocycles. The normalized spacial score (nSPS) is 11.1. The third kappa shape index (κ3) is 4.19. The van der Waals surface area contributed by atoms with Crippen LogP contribution in [-0.2, 0) is 0 Å². The quantitative estimate of drug-likeness (QED) is 0.289. The lowest BCUT2D eigenvalue weighted by Gasteiger charge is -2.07. The first-order valence-electron chi connectivity index (χ1n) is 8.78. The predicted octanol–water partition coefficient (Wildman–Crippen LogP) is 3.32. The fraction of sp³-hybridized carbons (Fsp3) is 0. The minimum Gasteiger partial charge on any atom is -0.437 e. The van der Waals surface area contributed by atoms with Crippen LogP contribution in [0.5, 0.6) is 11.6 Å². The van der Waals surface area contributed by atoms with E-state index in [0.717, 1.165) is 10.9 Å². The van der Waals surface area contributed by atoms with E-state index in [2.05, 4.69) is 15.1 Å². The number of hydrogen-bond donors (Lipinski definition) is 1. The van der Waals surface area contributed by atoms with Gasteiger partial charge in [-0.2, -0.15) is 5.10 Å². The summed E-state index contributed by atoms with van der Waals surface area (Å²) in [6.45, 7) is 0. The van der Waals surface area contributed by atoms with Crippen molar-refractivity contribution in [2.45, 2.75) is 0 Å². The molecular formula is C20H12ClN5O5. The number of nitrogens with one attached hydrogen (secondary N) is 1. The van der Waals surface area contributed by atoms with Crippen LogP contribution in [0.3, 0.4) is 0 Å². The number of fused-ring (bicyclic) bond motifs is 1. The summed E-state index contributed by atoms with van der Waals surface area (Å²) in [6.07, 6.45) is 2.38. The monoisotopic (exact) mass is 437 g/mol. The zero-order valence-corrected chi connectivity index (χ0v) is 16.3. The van der Waals surface area contributed by atoms with E-state index in [1.54, 1.807) is 36.4 Å². The van der Waals surface area contributed by atoms with Crippen molar-refractivity contribution in [2.24, 2.45) is 5.10 Å². The van der Waals surface area contributed by atoms with Crippen molar-refractivity contribution in [1.82, 2.24) is 14.6 Å². The van der Waals surface area contributed by atoms with Gasteiger partial charge in [-0.25, -0.2) is 9.78 Å². The Morgan fingerprint density at radius 3 is 2.68 bits per heavy atom. The van der Waals surface area contributed by atoms with Crippen LogP contribution in [0.2, 0.25) is 5.02 Å². The van der Waals surface area contributed by atoms with E-state index in [9.17, 15) is 19.7 Å². The average Bonchev–Trinajstić information content (AvgIpc) is 2.76. The minimum absolute atomic E-state index is 0.128. The number of halogens is 1. The van der Waals surface area contributed by atoms with Gasteiger partial charge in [-0.15, -0.1) is 4.68 Å². The summed E-state index contributed by atoms with van der Waals surface area (Å²) < 4.78 is 6.25. The van der Waals surface area contributed by atoms with Gasteiger partial charge in [0.05, 0.1) is 27.1 Å². The fourth-order valence-corrected chi connectivity index (χ4v) is 2.94. The number of aromatic amines is 1. The van der Waals surface area contributed by atoms with Crippen LogP contribution in [0, 0.1) is 10.1 Å². The molecule has 0 aliphatic carbocycles. The van der Waals surface area contributed by atoms with E-state index in [1.807, 2.05) is 0 Å². The molecule has 0 unspecified atom stereocenters. The standard InChI is InChI=1S/C20H12ClN5O5/c21-15-9-12(5-7-17(15)31-18-8-6-13(11-22-18)26(29)30)10-23-25-19(27)14-3-1-2-4-16(14)24-20(25)28/h1-11H,(H,24,28). The summed E-state index contributed by atoms with van der Waals surface area (Å²) in [4.78, 5) is 41.2. The highest BCUT2D eigenvalue weighted by Crippen LogP contribution is 2.29. The highest BCUT2D eigenvalue weighted by Gasteiger charge is 2.09. The zero-order valence-electron chi connectivity index (χ0n) is 15.6. The molecular weight excluding hydrogens is 426 g/mol. The van der Waals surface area contributed by atoms with Gasteiger partial charge in [0.15, 0.2) is 0 Å². The molecule has 0 radical (unpaired) electrons. The Bertz CT molecular complexity index is 1440. The molecule has 0 spiro atoms. The summed E-state index contributed by atoms with van der Waals surface area (Å²) in [5.41, 5.74) is -0.452. The third-order valence-corrected chi connectivity index (χ3v) is 4.50. The van der Waals surface area contributed by atoms with Gasteiger partial charge in [0.2, 0.25) is 5.88 Å². The smallest absolute Gasteiger partial charge is 0.349 e. The topological polar surface area (TPSA) is 132 Å². The highest BCUT2D eigenvalue weighted by atomic mass is 35.5. The molecule has 0 fully saturated rings. The number of benzene rings is 2. The van der Waals surface area contributed by atoms with Crippen molar-refractivity contribution < 1.29 is 9.66 Å². The summed E-state index contributed by atoms with van der Waals surface area (Å²) in [5.74, 6) is 0.393. The molecule has 0 saturated heterocycles. The van der Waals surface area contributed by atoms with Crippen molar-refractivity contribution in [3.63, 3.8) is 0 Å². The molecule has 1 N–H and O–H groups in total. The number of ether oxygens (including phenoxy) is 1. The van der Waals surface area contributed by atoms with E-state index < -0.39 is 16.2 Å². The summed E-state index contributed by atoms with van der Waals surface area (Å²) in [6, 6.07) is 13.9. The predicted molar refractivity (Wildman–Crippen MR) is 114 cm³/mol. The Labute approximate surface area is 178 Å². The second kappa shape index (κ2) is 8.20. The van der Waals surface area contributed by atoms with Crippen LogP contribution >= 0.6 is 11.6 Å². The van der Waals surface area contributed by atoms with Crippen LogP contribution in [0.15, 0.2) is 75.5 Å². The number of pyridine rings is 1. The van der Waals surface area contributed by atoms with Crippen molar-refractivity contribution in [3.8, 4) is 11.6 Å². The largest absolute Gasteiger partial charge is 0.437 e. The lowest BCUT2D eigenvalue weighted by Crippen LogP contribution is -2.32. The van der Waals surface area contributed by atoms with Crippen molar-refractivity contribution in [1.29, 1.82) is 0 Å². The molecule has 10 nitrogen and oxygen atoms in total. The number of para-hydroxylation sites is 1. The molecule has 4 rings (SSSR count). The number of nitro groups is 1. The second-order valence-electron chi connectivity index (χ2n) is 6.24. The SMILES string of the molecule is O=c1[nH]c2ccccc2c(=O)n1N=Cc1ccc(Oc2ccc([N+](=O)[O-])cn2)c(Cl)c1. The maximum atomic E-state index is 12.5. The maximum absolute atomic E-state index is 12.5. The van der Waals surface area contributed by atoms with Gasteiger partial charge < -0.3 is 9.72 Å². The van der Waals surface area contributed by atoms with Gasteiger partial charge in [-0.05, 0) is 35.9 Å². The highest BCUT2D eigenvalue weighted by molar-refractivity contribution is 6.32. The molecule has 0 aliphatic rings. The molecule has 0 bridgehead atoms. The molecule has 11 heteroatoms. The lowest BCUT2D eigenvalue weighted by molar-refractivity contribution is -0.385. The van der Waals surface area contributed by atoms with E-state index in [-0.39, 0.29) is 22.3 Å². The first kappa shape index (κ1) is 20.0. The van der Waals surface area contributed by atoms with Crippen molar-refractivity contribution in [3.05, 3.63) is 102 Å². The van der Waals surface area contributed by atoms with Crippen molar-refractivity contribution in [2.75, 3.05) is 0 Å². The van der Waals surface area contributed by atoms with Gasteiger partial charge in [0, 0.05) is 12.1 Å². The lowest BCUT2D eigenvalue weighted by atomic mass is 10.2. The molecule has 31 heavy (non-hydrogen) atoms. The Kier molecular flexibility index (Phi) is 5.29. The first-order valence-corrected chi connectivity index (χ1v) is 9.16. The Morgan fingerprint density at radius 1 is 1.16 bits per heavy atom. The number of rotatable bonds is 5. The van der Waals surface area contributed by atoms with E-state index in [0.29, 0.717) is 16.5 Å². The molecule has 2 aromatic heterocycles. The van der Waals surface area contributed by atoms with Crippen LogP contribution in [0.1, 0.15) is 5.56 Å². The average molecular weight is 438 g/mol. The number of hydrogen-bond acceptors (Lipinski definition) is 7. The molecule has 0 amide bonds. The first-order chi connectivity index (χ1) is 14.9. The Morgan fingerprint density at radius 2 is 1.97 bits per heavy atom. The van der Waals surface area contributed by atoms with Gasteiger partial charge in [-0.1, -0.05) is 23.7 Å². The number of aromatic nitrogens is 3. The maximum Gasteiger partial charge on any atom is 0.349 e. The van der Waals surface area contributed by atoms with E-state index >= 15 is 0 Å². The van der Waals surface area contributed by atoms with Gasteiger partial charge >= 0.3 is 5.69 Å². The van der Waals surface area contributed by atoms with Crippen LogP contribution < -0.4 is 16.0 Å². The molecule has 0 atom stereocenters. The molecule has 4 aromatic rings. The number of nitrogens with zero attached hydrogens (tertiary/aromatic N) is 4.